The van der Waals surface area contributed by atoms with Crippen LogP contribution in [-0.4, -0.2) is 41.7 Å². The van der Waals surface area contributed by atoms with Crippen LogP contribution in [0.3, 0.4) is 0 Å². The SMILES string of the molecule is COc1ccc(F)cc1[C@@H]1CN(C(C)(C)C)C[C@H]1C(=O)O. The summed E-state index contributed by atoms with van der Waals surface area (Å²) in [6.07, 6.45) is 0. The predicted octanol–water partition coefficient (Wildman–Crippen LogP) is 2.73. The Morgan fingerprint density at radius 1 is 1.38 bits per heavy atom. The minimum Gasteiger partial charge on any atom is -0.496 e. The zero-order valence-electron chi connectivity index (χ0n) is 12.9. The van der Waals surface area contributed by atoms with Crippen LogP contribution in [0.25, 0.3) is 0 Å². The standard InChI is InChI=1S/C16H22FNO3/c1-16(2,3)18-8-12(13(9-18)15(19)20)11-7-10(17)5-6-14(11)21-4/h5-7,12-13H,8-9H2,1-4H3,(H,19,20)/t12-,13+/m0/s1. The predicted molar refractivity (Wildman–Crippen MR) is 78.1 cm³/mol. The van der Waals surface area contributed by atoms with E-state index in [1.54, 1.807) is 6.07 Å². The maximum Gasteiger partial charge on any atom is 0.308 e. The molecule has 1 aromatic carbocycles. The number of hydrogen-bond donors (Lipinski definition) is 1. The highest BCUT2D eigenvalue weighted by atomic mass is 19.1. The lowest BCUT2D eigenvalue weighted by Crippen LogP contribution is -2.40. The Balaban J connectivity index is 2.41. The van der Waals surface area contributed by atoms with Gasteiger partial charge in [-0.2, -0.15) is 0 Å². The molecular formula is C16H22FNO3. The number of carbonyl (C=O) groups is 1. The maximum atomic E-state index is 13.6. The number of rotatable bonds is 3. The molecule has 1 saturated heterocycles. The first-order valence-corrected chi connectivity index (χ1v) is 7.05. The summed E-state index contributed by atoms with van der Waals surface area (Å²) < 4.78 is 18.9. The molecule has 2 rings (SSSR count). The maximum absolute atomic E-state index is 13.6. The number of methoxy groups -OCH3 is 1. The summed E-state index contributed by atoms with van der Waals surface area (Å²) in [6, 6.07) is 4.28. The lowest BCUT2D eigenvalue weighted by molar-refractivity contribution is -0.141. The van der Waals surface area contributed by atoms with E-state index in [1.807, 2.05) is 0 Å². The minimum atomic E-state index is -0.849. The molecule has 4 nitrogen and oxygen atoms in total. The van der Waals surface area contributed by atoms with E-state index < -0.39 is 11.9 Å². The van der Waals surface area contributed by atoms with Crippen LogP contribution in [0.1, 0.15) is 32.3 Å². The van der Waals surface area contributed by atoms with Gasteiger partial charge in [-0.1, -0.05) is 0 Å². The lowest BCUT2D eigenvalue weighted by atomic mass is 9.88. The van der Waals surface area contributed by atoms with Crippen LogP contribution in [0, 0.1) is 11.7 Å². The van der Waals surface area contributed by atoms with Crippen molar-refractivity contribution in [3.8, 4) is 5.75 Å². The van der Waals surface area contributed by atoms with Gasteiger partial charge in [-0.15, -0.1) is 0 Å². The lowest BCUT2D eigenvalue weighted by Gasteiger charge is -2.31. The number of nitrogens with zero attached hydrogens (tertiary/aromatic N) is 1. The van der Waals surface area contributed by atoms with Gasteiger partial charge in [-0.25, -0.2) is 4.39 Å². The first kappa shape index (κ1) is 15.8. The molecule has 1 aliphatic heterocycles. The van der Waals surface area contributed by atoms with Gasteiger partial charge in [0.2, 0.25) is 0 Å². The van der Waals surface area contributed by atoms with Crippen molar-refractivity contribution in [1.82, 2.24) is 4.90 Å². The highest BCUT2D eigenvalue weighted by molar-refractivity contribution is 5.72. The first-order chi connectivity index (χ1) is 9.74. The van der Waals surface area contributed by atoms with Crippen molar-refractivity contribution in [2.24, 2.45) is 5.92 Å². The van der Waals surface area contributed by atoms with Crippen molar-refractivity contribution >= 4 is 5.97 Å². The van der Waals surface area contributed by atoms with Gasteiger partial charge in [0.1, 0.15) is 11.6 Å². The molecule has 1 fully saturated rings. The molecule has 0 spiro atoms. The molecule has 0 saturated carbocycles. The van der Waals surface area contributed by atoms with Crippen LogP contribution in [0.15, 0.2) is 18.2 Å². The largest absolute Gasteiger partial charge is 0.496 e. The van der Waals surface area contributed by atoms with Crippen LogP contribution < -0.4 is 4.74 Å². The van der Waals surface area contributed by atoms with Crippen LogP contribution in [0.5, 0.6) is 5.75 Å². The highest BCUT2D eigenvalue weighted by Gasteiger charge is 2.43. The fourth-order valence-corrected chi connectivity index (χ4v) is 2.91. The number of ether oxygens (including phenoxy) is 1. The van der Waals surface area contributed by atoms with Gasteiger partial charge in [0.15, 0.2) is 0 Å². The van der Waals surface area contributed by atoms with E-state index in [-0.39, 0.29) is 17.3 Å². The number of halogens is 1. The van der Waals surface area contributed by atoms with Gasteiger partial charge in [0, 0.05) is 30.1 Å². The summed E-state index contributed by atoms with van der Waals surface area (Å²) in [7, 11) is 1.52. The molecule has 0 bridgehead atoms. The Morgan fingerprint density at radius 3 is 2.57 bits per heavy atom. The van der Waals surface area contributed by atoms with Gasteiger partial charge in [0.25, 0.3) is 0 Å². The minimum absolute atomic E-state index is 0.122. The van der Waals surface area contributed by atoms with Gasteiger partial charge >= 0.3 is 5.97 Å². The second kappa shape index (κ2) is 5.64. The molecule has 1 aliphatic rings. The summed E-state index contributed by atoms with van der Waals surface area (Å²) in [6.45, 7) is 7.20. The first-order valence-electron chi connectivity index (χ1n) is 7.05. The molecule has 0 radical (unpaired) electrons. The normalized spacial score (nSPS) is 23.3. The molecule has 5 heteroatoms. The molecule has 21 heavy (non-hydrogen) atoms. The molecule has 1 N–H and O–H groups in total. The number of likely N-dealkylation sites (tertiary alicyclic amines) is 1. The average Bonchev–Trinajstić information content (AvgIpc) is 2.83. The van der Waals surface area contributed by atoms with E-state index in [2.05, 4.69) is 25.7 Å². The second-order valence-corrected chi connectivity index (χ2v) is 6.51. The van der Waals surface area contributed by atoms with Crippen molar-refractivity contribution in [2.75, 3.05) is 20.2 Å². The van der Waals surface area contributed by atoms with Gasteiger partial charge < -0.3 is 9.84 Å². The van der Waals surface area contributed by atoms with Crippen molar-refractivity contribution in [3.63, 3.8) is 0 Å². The molecule has 0 amide bonds. The Labute approximate surface area is 124 Å². The summed E-state index contributed by atoms with van der Waals surface area (Å²) in [4.78, 5) is 13.7. The number of benzene rings is 1. The molecular weight excluding hydrogens is 273 g/mol. The summed E-state index contributed by atoms with van der Waals surface area (Å²) in [5, 5.41) is 9.50. The van der Waals surface area contributed by atoms with E-state index in [9.17, 15) is 14.3 Å². The van der Waals surface area contributed by atoms with Crippen LogP contribution in [0.4, 0.5) is 4.39 Å². The van der Waals surface area contributed by atoms with E-state index in [0.717, 1.165) is 0 Å². The Morgan fingerprint density at radius 2 is 2.05 bits per heavy atom. The van der Waals surface area contributed by atoms with Crippen LogP contribution >= 0.6 is 0 Å². The molecule has 0 aliphatic carbocycles. The molecule has 0 aromatic heterocycles. The smallest absolute Gasteiger partial charge is 0.308 e. The van der Waals surface area contributed by atoms with E-state index >= 15 is 0 Å². The van der Waals surface area contributed by atoms with Crippen molar-refractivity contribution in [3.05, 3.63) is 29.6 Å². The van der Waals surface area contributed by atoms with Gasteiger partial charge in [0.05, 0.1) is 13.0 Å². The Bertz CT molecular complexity index is 539. The average molecular weight is 295 g/mol. The van der Waals surface area contributed by atoms with Gasteiger partial charge in [-0.3, -0.25) is 9.69 Å². The molecule has 2 atom stereocenters. The fourth-order valence-electron chi connectivity index (χ4n) is 2.91. The molecule has 0 unspecified atom stereocenters. The number of carboxylic acids is 1. The zero-order valence-corrected chi connectivity index (χ0v) is 12.9. The van der Waals surface area contributed by atoms with Gasteiger partial charge in [-0.05, 0) is 39.0 Å². The van der Waals surface area contributed by atoms with E-state index in [0.29, 0.717) is 24.4 Å². The Kier molecular flexibility index (Phi) is 4.23. The molecule has 1 heterocycles. The topological polar surface area (TPSA) is 49.8 Å². The Hall–Kier alpha value is -1.62. The van der Waals surface area contributed by atoms with E-state index in [1.165, 1.54) is 19.2 Å². The summed E-state index contributed by atoms with van der Waals surface area (Å²) in [5.41, 5.74) is 0.514. The monoisotopic (exact) mass is 295 g/mol. The third kappa shape index (κ3) is 3.18. The van der Waals surface area contributed by atoms with E-state index in [4.69, 9.17) is 4.74 Å². The molecule has 116 valence electrons. The third-order valence-corrected chi connectivity index (χ3v) is 4.18. The number of aliphatic carboxylic acids is 1. The number of carboxylic acid groups (broad SMARTS) is 1. The van der Waals surface area contributed by atoms with Crippen molar-refractivity contribution in [1.29, 1.82) is 0 Å². The van der Waals surface area contributed by atoms with Crippen LogP contribution in [-0.2, 0) is 4.79 Å². The fraction of sp³-hybridized carbons (Fsp3) is 0.562. The highest BCUT2D eigenvalue weighted by Crippen LogP contribution is 2.40. The summed E-state index contributed by atoms with van der Waals surface area (Å²) in [5.74, 6) is -1.50. The number of hydrogen-bond acceptors (Lipinski definition) is 3. The quantitative estimate of drug-likeness (QED) is 0.931. The molecule has 1 aromatic rings. The van der Waals surface area contributed by atoms with Crippen LogP contribution in [0.2, 0.25) is 0 Å². The third-order valence-electron chi connectivity index (χ3n) is 4.18. The van der Waals surface area contributed by atoms with Crippen molar-refractivity contribution < 1.29 is 19.0 Å². The second-order valence-electron chi connectivity index (χ2n) is 6.51. The van der Waals surface area contributed by atoms with Crippen molar-refractivity contribution in [2.45, 2.75) is 32.2 Å². The summed E-state index contributed by atoms with van der Waals surface area (Å²) >= 11 is 0. The zero-order chi connectivity index (χ0) is 15.8.